The molecule has 3 rings (SSSR count). The number of ketones is 1. The van der Waals surface area contributed by atoms with Gasteiger partial charge in [-0.25, -0.2) is 4.39 Å². The summed E-state index contributed by atoms with van der Waals surface area (Å²) in [4.78, 5) is 23.4. The van der Waals surface area contributed by atoms with Gasteiger partial charge in [-0.1, -0.05) is 53.7 Å². The first-order valence-electron chi connectivity index (χ1n) is 9.50. The molecule has 0 aliphatic heterocycles. The van der Waals surface area contributed by atoms with Crippen LogP contribution in [0.15, 0.2) is 47.6 Å². The van der Waals surface area contributed by atoms with Crippen LogP contribution in [0.4, 0.5) is 4.39 Å². The summed E-state index contributed by atoms with van der Waals surface area (Å²) in [5.41, 5.74) is 2.88. The number of halogens is 1. The second-order valence-corrected chi connectivity index (χ2v) is 7.92. The van der Waals surface area contributed by atoms with Crippen molar-refractivity contribution in [2.45, 2.75) is 25.4 Å². The van der Waals surface area contributed by atoms with E-state index in [9.17, 15) is 14.0 Å². The van der Waals surface area contributed by atoms with Gasteiger partial charge in [0.05, 0.1) is 5.75 Å². The van der Waals surface area contributed by atoms with E-state index in [1.165, 1.54) is 24.8 Å². The van der Waals surface area contributed by atoms with Gasteiger partial charge >= 0.3 is 0 Å². The van der Waals surface area contributed by atoms with Gasteiger partial charge in [-0.15, -0.1) is 10.2 Å². The van der Waals surface area contributed by atoms with Gasteiger partial charge in [0.1, 0.15) is 5.82 Å². The second kappa shape index (κ2) is 9.67. The number of benzene rings is 2. The predicted octanol–water partition coefficient (Wildman–Crippen LogP) is 3.58. The van der Waals surface area contributed by atoms with Gasteiger partial charge in [0, 0.05) is 31.6 Å². The Hall–Kier alpha value is -3.00. The molecule has 30 heavy (non-hydrogen) atoms. The standard InChI is InChI=1S/C22H23FN4O2S/c1-14-4-6-17(7-5-14)21-25-26-22(27(21)3)30-13-20(29)18-9-8-16(19(23)12-18)10-11-24-15(2)28/h4-9,12H,10-11,13H2,1-3H3,(H,24,28). The van der Waals surface area contributed by atoms with Crippen LogP contribution in [0.2, 0.25) is 0 Å². The van der Waals surface area contributed by atoms with Crippen LogP contribution < -0.4 is 5.32 Å². The summed E-state index contributed by atoms with van der Waals surface area (Å²) < 4.78 is 16.1. The third-order valence-corrected chi connectivity index (χ3v) is 5.64. The zero-order chi connectivity index (χ0) is 21.7. The number of aromatic nitrogens is 3. The second-order valence-electron chi connectivity index (χ2n) is 6.98. The zero-order valence-electron chi connectivity index (χ0n) is 17.1. The molecule has 156 valence electrons. The molecule has 0 aliphatic carbocycles. The van der Waals surface area contributed by atoms with Crippen LogP contribution in [-0.4, -0.2) is 38.8 Å². The van der Waals surface area contributed by atoms with E-state index >= 15 is 0 Å². The lowest BCUT2D eigenvalue weighted by molar-refractivity contribution is -0.118. The Labute approximate surface area is 178 Å². The van der Waals surface area contributed by atoms with Gasteiger partial charge in [0.15, 0.2) is 16.8 Å². The largest absolute Gasteiger partial charge is 0.356 e. The molecule has 6 nitrogen and oxygen atoms in total. The maximum atomic E-state index is 14.3. The molecular formula is C22H23FN4O2S. The highest BCUT2D eigenvalue weighted by Gasteiger charge is 2.15. The molecule has 1 N–H and O–H groups in total. The van der Waals surface area contributed by atoms with Crippen molar-refractivity contribution in [2.75, 3.05) is 12.3 Å². The van der Waals surface area contributed by atoms with Crippen molar-refractivity contribution in [3.05, 3.63) is 65.0 Å². The fourth-order valence-electron chi connectivity index (χ4n) is 2.90. The molecule has 0 aliphatic rings. The van der Waals surface area contributed by atoms with Crippen molar-refractivity contribution >= 4 is 23.5 Å². The van der Waals surface area contributed by atoms with E-state index in [0.717, 1.165) is 17.0 Å². The van der Waals surface area contributed by atoms with Crippen molar-refractivity contribution in [2.24, 2.45) is 7.05 Å². The van der Waals surface area contributed by atoms with E-state index in [4.69, 9.17) is 0 Å². The number of carbonyl (C=O) groups is 2. The normalized spacial score (nSPS) is 10.8. The molecule has 1 aromatic heterocycles. The molecule has 0 fully saturated rings. The minimum absolute atomic E-state index is 0.130. The lowest BCUT2D eigenvalue weighted by atomic mass is 10.1. The van der Waals surface area contributed by atoms with Crippen LogP contribution in [0.25, 0.3) is 11.4 Å². The molecule has 0 spiro atoms. The monoisotopic (exact) mass is 426 g/mol. The average molecular weight is 427 g/mol. The Balaban J connectivity index is 1.62. The fourth-order valence-corrected chi connectivity index (χ4v) is 3.71. The summed E-state index contributed by atoms with van der Waals surface area (Å²) in [6, 6.07) is 12.4. The van der Waals surface area contributed by atoms with Crippen LogP contribution in [0, 0.1) is 12.7 Å². The van der Waals surface area contributed by atoms with Crippen molar-refractivity contribution in [1.82, 2.24) is 20.1 Å². The van der Waals surface area contributed by atoms with Crippen molar-refractivity contribution in [3.8, 4) is 11.4 Å². The third kappa shape index (κ3) is 5.33. The summed E-state index contributed by atoms with van der Waals surface area (Å²) in [7, 11) is 1.85. The van der Waals surface area contributed by atoms with Crippen molar-refractivity contribution in [1.29, 1.82) is 0 Å². The number of hydrogen-bond acceptors (Lipinski definition) is 5. The molecule has 0 bridgehead atoms. The molecule has 0 saturated carbocycles. The van der Waals surface area contributed by atoms with Crippen LogP contribution >= 0.6 is 11.8 Å². The number of rotatable bonds is 8. The Morgan fingerprint density at radius 1 is 1.13 bits per heavy atom. The summed E-state index contributed by atoms with van der Waals surface area (Å²) in [6.07, 6.45) is 0.370. The molecule has 8 heteroatoms. The number of nitrogens with zero attached hydrogens (tertiary/aromatic N) is 3. The van der Waals surface area contributed by atoms with Crippen LogP contribution in [0.1, 0.15) is 28.4 Å². The third-order valence-electron chi connectivity index (χ3n) is 4.62. The smallest absolute Gasteiger partial charge is 0.216 e. The molecule has 0 radical (unpaired) electrons. The first kappa shape index (κ1) is 21.7. The van der Waals surface area contributed by atoms with Gasteiger partial charge in [0.25, 0.3) is 0 Å². The molecule has 2 aromatic carbocycles. The number of carbonyl (C=O) groups excluding carboxylic acids is 2. The van der Waals surface area contributed by atoms with E-state index in [2.05, 4.69) is 15.5 Å². The Morgan fingerprint density at radius 2 is 1.87 bits per heavy atom. The first-order valence-corrected chi connectivity index (χ1v) is 10.5. The molecule has 1 heterocycles. The first-order chi connectivity index (χ1) is 14.3. The summed E-state index contributed by atoms with van der Waals surface area (Å²) in [5, 5.41) is 11.6. The van der Waals surface area contributed by atoms with Crippen molar-refractivity contribution in [3.63, 3.8) is 0 Å². The number of Topliss-reactive ketones (excluding diaryl/α,β-unsaturated/α-hetero) is 1. The molecular weight excluding hydrogens is 403 g/mol. The fraction of sp³-hybridized carbons (Fsp3) is 0.273. The SMILES string of the molecule is CC(=O)NCCc1ccc(C(=O)CSc2nnc(-c3ccc(C)cc3)n2C)cc1F. The van der Waals surface area contributed by atoms with E-state index in [1.807, 2.05) is 42.8 Å². The average Bonchev–Trinajstić information content (AvgIpc) is 3.08. The van der Waals surface area contributed by atoms with E-state index in [1.54, 1.807) is 12.1 Å². The topological polar surface area (TPSA) is 76.9 Å². The zero-order valence-corrected chi connectivity index (χ0v) is 17.9. The minimum atomic E-state index is -0.448. The number of amides is 1. The summed E-state index contributed by atoms with van der Waals surface area (Å²) in [5.74, 6) is 0.0571. The van der Waals surface area contributed by atoms with E-state index in [-0.39, 0.29) is 17.4 Å². The Morgan fingerprint density at radius 3 is 2.53 bits per heavy atom. The maximum absolute atomic E-state index is 14.3. The van der Waals surface area contributed by atoms with Gasteiger partial charge in [0.2, 0.25) is 5.91 Å². The Kier molecular flexibility index (Phi) is 6.99. The molecule has 0 unspecified atom stereocenters. The lowest BCUT2D eigenvalue weighted by Crippen LogP contribution is -2.22. The molecule has 0 saturated heterocycles. The molecule has 0 atom stereocenters. The Bertz CT molecular complexity index is 1060. The van der Waals surface area contributed by atoms with E-state index in [0.29, 0.717) is 29.2 Å². The number of thioether (sulfide) groups is 1. The van der Waals surface area contributed by atoms with E-state index < -0.39 is 5.82 Å². The van der Waals surface area contributed by atoms with Gasteiger partial charge < -0.3 is 9.88 Å². The number of aryl methyl sites for hydroxylation is 1. The minimum Gasteiger partial charge on any atom is -0.356 e. The van der Waals surface area contributed by atoms with Crippen LogP contribution in [0.3, 0.4) is 0 Å². The lowest BCUT2D eigenvalue weighted by Gasteiger charge is -2.07. The highest BCUT2D eigenvalue weighted by Crippen LogP contribution is 2.24. The highest BCUT2D eigenvalue weighted by atomic mass is 32.2. The molecule has 3 aromatic rings. The van der Waals surface area contributed by atoms with Crippen LogP contribution in [-0.2, 0) is 18.3 Å². The predicted molar refractivity (Wildman–Crippen MR) is 115 cm³/mol. The highest BCUT2D eigenvalue weighted by molar-refractivity contribution is 7.99. The summed E-state index contributed by atoms with van der Waals surface area (Å²) >= 11 is 1.27. The summed E-state index contributed by atoms with van der Waals surface area (Å²) in [6.45, 7) is 3.78. The van der Waals surface area contributed by atoms with Crippen molar-refractivity contribution < 1.29 is 14.0 Å². The quantitative estimate of drug-likeness (QED) is 0.440. The number of nitrogens with one attached hydrogen (secondary N) is 1. The number of hydrogen-bond donors (Lipinski definition) is 1. The maximum Gasteiger partial charge on any atom is 0.216 e. The van der Waals surface area contributed by atoms with Crippen LogP contribution in [0.5, 0.6) is 0 Å². The van der Waals surface area contributed by atoms with Gasteiger partial charge in [-0.05, 0) is 25.0 Å². The van der Waals surface area contributed by atoms with Gasteiger partial charge in [-0.3, -0.25) is 9.59 Å². The van der Waals surface area contributed by atoms with Gasteiger partial charge in [-0.2, -0.15) is 0 Å². The molecule has 1 amide bonds.